The molecule has 2 aromatic rings. The van der Waals surface area contributed by atoms with Gasteiger partial charge in [0, 0.05) is 23.4 Å². The van der Waals surface area contributed by atoms with Crippen molar-refractivity contribution < 1.29 is 22.6 Å². The highest BCUT2D eigenvalue weighted by Gasteiger charge is 2.29. The van der Waals surface area contributed by atoms with E-state index in [1.165, 1.54) is 19.4 Å². The first-order chi connectivity index (χ1) is 9.90. The number of para-hydroxylation sites is 1. The molecule has 0 amide bonds. The molecule has 1 aromatic carbocycles. The maximum Gasteiger partial charge on any atom is 0.422 e. The number of halogens is 3. The average molecular weight is 298 g/mol. The van der Waals surface area contributed by atoms with Gasteiger partial charge in [-0.05, 0) is 6.07 Å². The number of hydrogen-bond acceptors (Lipinski definition) is 4. The number of pyridine rings is 1. The van der Waals surface area contributed by atoms with Crippen LogP contribution in [0.25, 0.3) is 11.1 Å². The molecule has 0 radical (unpaired) electrons. The lowest BCUT2D eigenvalue weighted by Gasteiger charge is -2.15. The van der Waals surface area contributed by atoms with Crippen molar-refractivity contribution >= 4 is 5.82 Å². The fraction of sp³-hybridized carbons (Fsp3) is 0.214. The monoisotopic (exact) mass is 298 g/mol. The van der Waals surface area contributed by atoms with Crippen LogP contribution in [0.3, 0.4) is 0 Å². The van der Waals surface area contributed by atoms with Gasteiger partial charge in [0.15, 0.2) is 6.61 Å². The highest BCUT2D eigenvalue weighted by molar-refractivity contribution is 5.76. The van der Waals surface area contributed by atoms with Gasteiger partial charge in [0.25, 0.3) is 0 Å². The minimum Gasteiger partial charge on any atom is -0.496 e. The van der Waals surface area contributed by atoms with E-state index < -0.39 is 12.8 Å². The van der Waals surface area contributed by atoms with Gasteiger partial charge in [-0.1, -0.05) is 18.2 Å². The number of nitrogens with zero attached hydrogens (tertiary/aromatic N) is 1. The Balaban J connectivity index is 2.43. The molecule has 7 heteroatoms. The van der Waals surface area contributed by atoms with Crippen molar-refractivity contribution in [2.75, 3.05) is 19.5 Å². The smallest absolute Gasteiger partial charge is 0.422 e. The van der Waals surface area contributed by atoms with Crippen LogP contribution in [0.1, 0.15) is 0 Å². The minimum absolute atomic E-state index is 0.00400. The zero-order chi connectivity index (χ0) is 15.5. The Bertz CT molecular complexity index is 630. The van der Waals surface area contributed by atoms with Crippen molar-refractivity contribution in [3.63, 3.8) is 0 Å². The molecule has 112 valence electrons. The van der Waals surface area contributed by atoms with Crippen molar-refractivity contribution in [2.45, 2.75) is 6.18 Å². The van der Waals surface area contributed by atoms with Gasteiger partial charge in [0.2, 0.25) is 0 Å². The first kappa shape index (κ1) is 15.0. The van der Waals surface area contributed by atoms with Crippen molar-refractivity contribution in [3.8, 4) is 22.6 Å². The number of methoxy groups -OCH3 is 1. The summed E-state index contributed by atoms with van der Waals surface area (Å²) in [6.07, 6.45) is -3.07. The summed E-state index contributed by atoms with van der Waals surface area (Å²) >= 11 is 0. The maximum absolute atomic E-state index is 12.3. The zero-order valence-corrected chi connectivity index (χ0v) is 11.1. The van der Waals surface area contributed by atoms with Crippen LogP contribution in [0.4, 0.5) is 19.0 Å². The SMILES string of the molecule is COc1ccccc1-c1cnc(N)cc1OCC(F)(F)F. The molecule has 1 aromatic heterocycles. The van der Waals surface area contributed by atoms with Crippen molar-refractivity contribution in [1.29, 1.82) is 0 Å². The van der Waals surface area contributed by atoms with E-state index >= 15 is 0 Å². The summed E-state index contributed by atoms with van der Waals surface area (Å²) in [5.74, 6) is 0.580. The van der Waals surface area contributed by atoms with E-state index in [9.17, 15) is 13.2 Å². The third kappa shape index (κ3) is 3.77. The number of nitrogen functional groups attached to an aromatic ring is 1. The van der Waals surface area contributed by atoms with Crippen molar-refractivity contribution in [2.24, 2.45) is 0 Å². The summed E-state index contributed by atoms with van der Waals surface area (Å²) in [5, 5.41) is 0. The van der Waals surface area contributed by atoms with Gasteiger partial charge in [-0.3, -0.25) is 0 Å². The average Bonchev–Trinajstić information content (AvgIpc) is 2.44. The first-order valence-corrected chi connectivity index (χ1v) is 5.99. The summed E-state index contributed by atoms with van der Waals surface area (Å²) in [6.45, 7) is -1.40. The highest BCUT2D eigenvalue weighted by Crippen LogP contribution is 2.37. The number of ether oxygens (including phenoxy) is 2. The highest BCUT2D eigenvalue weighted by atomic mass is 19.4. The number of rotatable bonds is 4. The summed E-state index contributed by atoms with van der Waals surface area (Å²) in [5.41, 5.74) is 6.47. The second kappa shape index (κ2) is 5.90. The lowest BCUT2D eigenvalue weighted by atomic mass is 10.1. The van der Waals surface area contributed by atoms with E-state index in [0.29, 0.717) is 16.9 Å². The van der Waals surface area contributed by atoms with Crippen molar-refractivity contribution in [3.05, 3.63) is 36.5 Å². The molecule has 0 saturated carbocycles. The minimum atomic E-state index is -4.43. The predicted molar refractivity (Wildman–Crippen MR) is 72.2 cm³/mol. The third-order valence-corrected chi connectivity index (χ3v) is 2.68. The van der Waals surface area contributed by atoms with E-state index in [0.717, 1.165) is 0 Å². The molecule has 2 N–H and O–H groups in total. The second-order valence-corrected chi connectivity index (χ2v) is 4.21. The second-order valence-electron chi connectivity index (χ2n) is 4.21. The molecule has 0 fully saturated rings. The Hall–Kier alpha value is -2.44. The van der Waals surface area contributed by atoms with Gasteiger partial charge < -0.3 is 15.2 Å². The van der Waals surface area contributed by atoms with Gasteiger partial charge in [0.1, 0.15) is 17.3 Å². The molecule has 0 atom stereocenters. The molecular weight excluding hydrogens is 285 g/mol. The molecule has 1 heterocycles. The fourth-order valence-corrected chi connectivity index (χ4v) is 1.80. The topological polar surface area (TPSA) is 57.4 Å². The van der Waals surface area contributed by atoms with Crippen molar-refractivity contribution in [1.82, 2.24) is 4.98 Å². The van der Waals surface area contributed by atoms with Crippen LogP contribution in [-0.4, -0.2) is 24.9 Å². The van der Waals surface area contributed by atoms with E-state index in [-0.39, 0.29) is 11.6 Å². The Morgan fingerprint density at radius 1 is 1.14 bits per heavy atom. The molecule has 0 saturated heterocycles. The van der Waals surface area contributed by atoms with E-state index in [2.05, 4.69) is 4.98 Å². The van der Waals surface area contributed by atoms with Crippen LogP contribution in [0.15, 0.2) is 36.5 Å². The number of hydrogen-bond donors (Lipinski definition) is 1. The number of nitrogens with two attached hydrogens (primary N) is 1. The largest absolute Gasteiger partial charge is 0.496 e. The van der Waals surface area contributed by atoms with Crippen LogP contribution >= 0.6 is 0 Å². The van der Waals surface area contributed by atoms with E-state index in [4.69, 9.17) is 15.2 Å². The standard InChI is InChI=1S/C14H13F3N2O2/c1-20-11-5-3-2-4-9(11)10-7-19-13(18)6-12(10)21-8-14(15,16)17/h2-7H,8H2,1H3,(H2,18,19). The van der Waals surface area contributed by atoms with Crippen LogP contribution < -0.4 is 15.2 Å². The molecule has 0 aliphatic carbocycles. The van der Waals surface area contributed by atoms with Gasteiger partial charge in [0.05, 0.1) is 7.11 Å². The fourth-order valence-electron chi connectivity index (χ4n) is 1.80. The van der Waals surface area contributed by atoms with Crippen LogP contribution in [0, 0.1) is 0 Å². The molecule has 0 aliphatic heterocycles. The van der Waals surface area contributed by atoms with Gasteiger partial charge in [-0.15, -0.1) is 0 Å². The van der Waals surface area contributed by atoms with Gasteiger partial charge >= 0.3 is 6.18 Å². The third-order valence-electron chi connectivity index (χ3n) is 2.68. The van der Waals surface area contributed by atoms with E-state index in [1.54, 1.807) is 24.3 Å². The summed E-state index contributed by atoms with van der Waals surface area (Å²) in [6, 6.07) is 8.14. The predicted octanol–water partition coefficient (Wildman–Crippen LogP) is 3.28. The van der Waals surface area contributed by atoms with Crippen LogP contribution in [0.5, 0.6) is 11.5 Å². The van der Waals surface area contributed by atoms with Crippen LogP contribution in [0.2, 0.25) is 0 Å². The maximum atomic E-state index is 12.3. The molecule has 21 heavy (non-hydrogen) atoms. The summed E-state index contributed by atoms with van der Waals surface area (Å²) in [7, 11) is 1.47. The number of benzene rings is 1. The molecular formula is C14H13F3N2O2. The first-order valence-electron chi connectivity index (χ1n) is 5.99. The molecule has 0 unspecified atom stereocenters. The Morgan fingerprint density at radius 2 is 1.86 bits per heavy atom. The molecule has 0 aliphatic rings. The molecule has 0 spiro atoms. The quantitative estimate of drug-likeness (QED) is 0.941. The summed E-state index contributed by atoms with van der Waals surface area (Å²) < 4.78 is 47.0. The van der Waals surface area contributed by atoms with Gasteiger partial charge in [-0.25, -0.2) is 4.98 Å². The lowest BCUT2D eigenvalue weighted by molar-refractivity contribution is -0.153. The Labute approximate surface area is 119 Å². The van der Waals surface area contributed by atoms with Crippen LogP contribution in [-0.2, 0) is 0 Å². The molecule has 0 bridgehead atoms. The number of alkyl halides is 3. The van der Waals surface area contributed by atoms with Gasteiger partial charge in [-0.2, -0.15) is 13.2 Å². The molecule has 2 rings (SSSR count). The number of aromatic nitrogens is 1. The zero-order valence-electron chi connectivity index (χ0n) is 11.1. The Kier molecular flexibility index (Phi) is 4.21. The Morgan fingerprint density at radius 3 is 2.52 bits per heavy atom. The number of anilines is 1. The van der Waals surface area contributed by atoms with E-state index in [1.807, 2.05) is 0 Å². The summed E-state index contributed by atoms with van der Waals surface area (Å²) in [4.78, 5) is 3.90. The normalized spacial score (nSPS) is 11.2. The molecule has 4 nitrogen and oxygen atoms in total. The lowest BCUT2D eigenvalue weighted by Crippen LogP contribution is -2.19.